The van der Waals surface area contributed by atoms with Crippen molar-refractivity contribution in [1.82, 2.24) is 4.98 Å². The van der Waals surface area contributed by atoms with Gasteiger partial charge in [-0.25, -0.2) is 4.98 Å². The highest BCUT2D eigenvalue weighted by Crippen LogP contribution is 2.28. The SMILES string of the molecule is COc1ccc(/C=N\Nc2nc(-c3ccc(-c4ccccc4)cc3)cs2)cc1OC. The summed E-state index contributed by atoms with van der Waals surface area (Å²) in [6.07, 6.45) is 1.72. The molecule has 0 spiro atoms. The highest BCUT2D eigenvalue weighted by molar-refractivity contribution is 7.14. The van der Waals surface area contributed by atoms with Gasteiger partial charge in [-0.3, -0.25) is 5.43 Å². The van der Waals surface area contributed by atoms with Crippen LogP contribution in [0.5, 0.6) is 11.5 Å². The first-order chi connectivity index (χ1) is 14.8. The first-order valence-corrected chi connectivity index (χ1v) is 10.3. The number of methoxy groups -OCH3 is 2. The Balaban J connectivity index is 1.42. The van der Waals surface area contributed by atoms with Crippen molar-refractivity contribution in [2.24, 2.45) is 5.10 Å². The summed E-state index contributed by atoms with van der Waals surface area (Å²) < 4.78 is 10.6. The highest BCUT2D eigenvalue weighted by atomic mass is 32.1. The Morgan fingerprint density at radius 2 is 1.53 bits per heavy atom. The first kappa shape index (κ1) is 19.7. The van der Waals surface area contributed by atoms with E-state index in [-0.39, 0.29) is 0 Å². The Labute approximate surface area is 179 Å². The summed E-state index contributed by atoms with van der Waals surface area (Å²) in [7, 11) is 3.23. The van der Waals surface area contributed by atoms with Crippen LogP contribution in [0, 0.1) is 0 Å². The number of hydrogen-bond acceptors (Lipinski definition) is 6. The maximum atomic E-state index is 5.31. The molecule has 5 nitrogen and oxygen atoms in total. The third-order valence-electron chi connectivity index (χ3n) is 4.57. The van der Waals surface area contributed by atoms with Gasteiger partial charge in [0, 0.05) is 10.9 Å². The van der Waals surface area contributed by atoms with Crippen molar-refractivity contribution in [2.45, 2.75) is 0 Å². The number of benzene rings is 3. The van der Waals surface area contributed by atoms with Crippen LogP contribution in [-0.4, -0.2) is 25.4 Å². The van der Waals surface area contributed by atoms with E-state index in [9.17, 15) is 0 Å². The van der Waals surface area contributed by atoms with Gasteiger partial charge in [0.25, 0.3) is 0 Å². The number of hydrogen-bond donors (Lipinski definition) is 1. The van der Waals surface area contributed by atoms with Gasteiger partial charge in [-0.05, 0) is 34.9 Å². The van der Waals surface area contributed by atoms with Crippen molar-refractivity contribution in [1.29, 1.82) is 0 Å². The van der Waals surface area contributed by atoms with Gasteiger partial charge in [-0.1, -0.05) is 54.6 Å². The van der Waals surface area contributed by atoms with Gasteiger partial charge >= 0.3 is 0 Å². The Morgan fingerprint density at radius 3 is 2.27 bits per heavy atom. The van der Waals surface area contributed by atoms with E-state index in [1.54, 1.807) is 20.4 Å². The van der Waals surface area contributed by atoms with Crippen LogP contribution in [0.2, 0.25) is 0 Å². The molecule has 0 saturated carbocycles. The minimum Gasteiger partial charge on any atom is -0.493 e. The Hall–Kier alpha value is -3.64. The molecular weight excluding hydrogens is 394 g/mol. The lowest BCUT2D eigenvalue weighted by Crippen LogP contribution is -1.94. The molecule has 0 aliphatic rings. The summed E-state index contributed by atoms with van der Waals surface area (Å²) in [5.74, 6) is 1.35. The van der Waals surface area contributed by atoms with Crippen molar-refractivity contribution in [2.75, 3.05) is 19.6 Å². The summed E-state index contributed by atoms with van der Waals surface area (Å²) in [4.78, 5) is 4.62. The maximum absolute atomic E-state index is 5.31. The largest absolute Gasteiger partial charge is 0.493 e. The lowest BCUT2D eigenvalue weighted by atomic mass is 10.0. The number of aromatic nitrogens is 1. The number of ether oxygens (including phenoxy) is 2. The highest BCUT2D eigenvalue weighted by Gasteiger charge is 2.06. The second kappa shape index (κ2) is 9.24. The van der Waals surface area contributed by atoms with Gasteiger partial charge in [0.05, 0.1) is 26.1 Å². The van der Waals surface area contributed by atoms with Crippen molar-refractivity contribution >= 4 is 22.7 Å². The van der Waals surface area contributed by atoms with Crippen LogP contribution in [0.3, 0.4) is 0 Å². The molecule has 30 heavy (non-hydrogen) atoms. The van der Waals surface area contributed by atoms with E-state index in [0.717, 1.165) is 22.0 Å². The Kier molecular flexibility index (Phi) is 6.06. The molecule has 1 N–H and O–H groups in total. The fourth-order valence-electron chi connectivity index (χ4n) is 3.02. The lowest BCUT2D eigenvalue weighted by molar-refractivity contribution is 0.355. The average molecular weight is 416 g/mol. The summed E-state index contributed by atoms with van der Waals surface area (Å²) >= 11 is 1.51. The molecule has 0 bridgehead atoms. The van der Waals surface area contributed by atoms with Crippen LogP contribution in [-0.2, 0) is 0 Å². The molecule has 0 atom stereocenters. The van der Waals surface area contributed by atoms with E-state index >= 15 is 0 Å². The zero-order valence-corrected chi connectivity index (χ0v) is 17.5. The number of nitrogens with zero attached hydrogens (tertiary/aromatic N) is 2. The van der Waals surface area contributed by atoms with Crippen LogP contribution in [0.25, 0.3) is 22.4 Å². The van der Waals surface area contributed by atoms with Crippen LogP contribution in [0.15, 0.2) is 83.3 Å². The number of rotatable bonds is 7. The Morgan fingerprint density at radius 1 is 0.833 bits per heavy atom. The number of anilines is 1. The molecule has 0 saturated heterocycles. The average Bonchev–Trinajstić information content (AvgIpc) is 3.28. The number of hydrazone groups is 1. The predicted octanol–water partition coefficient (Wildman–Crippen LogP) is 5.94. The van der Waals surface area contributed by atoms with E-state index in [4.69, 9.17) is 9.47 Å². The van der Waals surface area contributed by atoms with E-state index in [1.165, 1.54) is 22.5 Å². The van der Waals surface area contributed by atoms with Crippen LogP contribution >= 0.6 is 11.3 Å². The summed E-state index contributed by atoms with van der Waals surface area (Å²) in [5, 5.41) is 7.03. The summed E-state index contributed by atoms with van der Waals surface area (Å²) in [5.41, 5.74) is 8.27. The molecule has 0 radical (unpaired) electrons. The Bertz CT molecular complexity index is 1140. The third-order valence-corrected chi connectivity index (χ3v) is 5.32. The van der Waals surface area contributed by atoms with Crippen LogP contribution in [0.4, 0.5) is 5.13 Å². The summed E-state index contributed by atoms with van der Waals surface area (Å²) in [6.45, 7) is 0. The van der Waals surface area contributed by atoms with Crippen LogP contribution in [0.1, 0.15) is 5.56 Å². The predicted molar refractivity (Wildman–Crippen MR) is 124 cm³/mol. The van der Waals surface area contributed by atoms with Gasteiger partial charge in [0.2, 0.25) is 5.13 Å². The number of nitrogens with one attached hydrogen (secondary N) is 1. The molecule has 0 unspecified atom stereocenters. The van der Waals surface area contributed by atoms with Gasteiger partial charge < -0.3 is 9.47 Å². The zero-order chi connectivity index (χ0) is 20.8. The van der Waals surface area contributed by atoms with Gasteiger partial charge in [-0.2, -0.15) is 5.10 Å². The zero-order valence-electron chi connectivity index (χ0n) is 16.7. The standard InChI is InChI=1S/C24H21N3O2S/c1-28-22-13-8-17(14-23(22)29-2)15-25-27-24-26-21(16-30-24)20-11-9-19(10-12-20)18-6-4-3-5-7-18/h3-16H,1-2H3,(H,26,27)/b25-15-. The maximum Gasteiger partial charge on any atom is 0.203 e. The quantitative estimate of drug-likeness (QED) is 0.300. The minimum atomic E-state index is 0.664. The molecule has 0 amide bonds. The monoisotopic (exact) mass is 415 g/mol. The molecule has 0 aliphatic heterocycles. The topological polar surface area (TPSA) is 55.7 Å². The molecule has 3 aromatic carbocycles. The fourth-order valence-corrected chi connectivity index (χ4v) is 3.69. The van der Waals surface area contributed by atoms with Crippen molar-refractivity contribution < 1.29 is 9.47 Å². The molecule has 1 heterocycles. The normalized spacial score (nSPS) is 10.9. The van der Waals surface area contributed by atoms with E-state index in [1.807, 2.05) is 41.8 Å². The second-order valence-corrected chi connectivity index (χ2v) is 7.32. The molecule has 4 aromatic rings. The summed E-state index contributed by atoms with van der Waals surface area (Å²) in [6, 6.07) is 24.4. The molecule has 6 heteroatoms. The molecule has 4 rings (SSSR count). The van der Waals surface area contributed by atoms with Crippen molar-refractivity contribution in [3.8, 4) is 33.9 Å². The van der Waals surface area contributed by atoms with Gasteiger partial charge in [-0.15, -0.1) is 11.3 Å². The number of thiazole rings is 1. The van der Waals surface area contributed by atoms with Crippen molar-refractivity contribution in [3.63, 3.8) is 0 Å². The van der Waals surface area contributed by atoms with E-state index in [2.05, 4.69) is 51.9 Å². The molecule has 0 fully saturated rings. The van der Waals surface area contributed by atoms with E-state index < -0.39 is 0 Å². The molecule has 1 aromatic heterocycles. The molecule has 0 aliphatic carbocycles. The minimum absolute atomic E-state index is 0.664. The van der Waals surface area contributed by atoms with Crippen molar-refractivity contribution in [3.05, 3.63) is 83.7 Å². The molecule has 150 valence electrons. The van der Waals surface area contributed by atoms with Gasteiger partial charge in [0.15, 0.2) is 11.5 Å². The second-order valence-electron chi connectivity index (χ2n) is 6.47. The fraction of sp³-hybridized carbons (Fsp3) is 0.0833. The van der Waals surface area contributed by atoms with Gasteiger partial charge in [0.1, 0.15) is 0 Å². The van der Waals surface area contributed by atoms with Crippen LogP contribution < -0.4 is 14.9 Å². The van der Waals surface area contributed by atoms with E-state index in [0.29, 0.717) is 11.5 Å². The lowest BCUT2D eigenvalue weighted by Gasteiger charge is -2.07. The molecular formula is C24H21N3O2S. The smallest absolute Gasteiger partial charge is 0.203 e. The third kappa shape index (κ3) is 4.50. The first-order valence-electron chi connectivity index (χ1n) is 9.39.